The molecule has 1 heterocycles. The molecule has 1 aromatic carbocycles. The predicted octanol–water partition coefficient (Wildman–Crippen LogP) is 1.20. The molecule has 1 amide bonds. The molecule has 0 unspecified atom stereocenters. The van der Waals surface area contributed by atoms with Crippen LogP contribution in [0.1, 0.15) is 10.4 Å². The van der Waals surface area contributed by atoms with E-state index in [0.717, 1.165) is 0 Å². The fraction of sp³-hybridized carbons (Fsp3) is 0.273. The van der Waals surface area contributed by atoms with Gasteiger partial charge in [-0.2, -0.15) is 0 Å². The minimum Gasteiger partial charge on any atom is -0.478 e. The lowest BCUT2D eigenvalue weighted by Crippen LogP contribution is -2.48. The number of benzene rings is 1. The van der Waals surface area contributed by atoms with Crippen molar-refractivity contribution >= 4 is 29.2 Å². The van der Waals surface area contributed by atoms with E-state index in [1.54, 1.807) is 0 Å². The Morgan fingerprint density at radius 2 is 2.12 bits per heavy atom. The summed E-state index contributed by atoms with van der Waals surface area (Å²) in [7, 11) is 0. The van der Waals surface area contributed by atoms with E-state index in [1.807, 2.05) is 0 Å². The molecule has 0 spiro atoms. The smallest absolute Gasteiger partial charge is 0.337 e. The van der Waals surface area contributed by atoms with Gasteiger partial charge in [0.1, 0.15) is 0 Å². The average molecular weight is 255 g/mol. The highest BCUT2D eigenvalue weighted by atomic mass is 35.5. The van der Waals surface area contributed by atoms with Crippen molar-refractivity contribution in [3.63, 3.8) is 0 Å². The summed E-state index contributed by atoms with van der Waals surface area (Å²) >= 11 is 5.78. The molecule has 1 aromatic rings. The van der Waals surface area contributed by atoms with Gasteiger partial charge >= 0.3 is 5.97 Å². The van der Waals surface area contributed by atoms with Crippen molar-refractivity contribution in [3.05, 3.63) is 28.8 Å². The molecule has 0 aliphatic carbocycles. The second-order valence-electron chi connectivity index (χ2n) is 3.84. The molecule has 3 N–H and O–H groups in total. The highest BCUT2D eigenvalue weighted by Crippen LogP contribution is 2.22. The topological polar surface area (TPSA) is 78.4 Å². The molecule has 0 atom stereocenters. The molecule has 6 heteroatoms. The molecule has 1 aliphatic heterocycles. The van der Waals surface area contributed by atoms with Gasteiger partial charge in [0.15, 0.2) is 0 Å². The monoisotopic (exact) mass is 254 g/mol. The van der Waals surface area contributed by atoms with Crippen LogP contribution in [0.2, 0.25) is 5.02 Å². The van der Waals surface area contributed by atoms with Crippen molar-refractivity contribution in [2.45, 2.75) is 0 Å². The number of aromatic carboxylic acids is 1. The molecule has 0 saturated carbocycles. The number of rotatable bonds is 3. The number of anilines is 1. The normalized spacial score (nSPS) is 15.1. The summed E-state index contributed by atoms with van der Waals surface area (Å²) in [5.41, 5.74) is 0.275. The van der Waals surface area contributed by atoms with Crippen molar-refractivity contribution in [1.82, 2.24) is 5.32 Å². The zero-order valence-corrected chi connectivity index (χ0v) is 9.62. The summed E-state index contributed by atoms with van der Waals surface area (Å²) < 4.78 is 0. The maximum atomic E-state index is 11.7. The van der Waals surface area contributed by atoms with Crippen LogP contribution in [0.15, 0.2) is 18.2 Å². The van der Waals surface area contributed by atoms with E-state index in [-0.39, 0.29) is 23.1 Å². The standard InChI is InChI=1S/C11H11ClN2O3/c12-7-1-2-8(11(16)17)9(3-7)14-10(15)6-4-13-5-6/h1-3,6,13H,4-5H2,(H,14,15)(H,16,17). The summed E-state index contributed by atoms with van der Waals surface area (Å²) in [5, 5.41) is 14.9. The molecule has 5 nitrogen and oxygen atoms in total. The molecule has 0 bridgehead atoms. The van der Waals surface area contributed by atoms with E-state index < -0.39 is 5.97 Å². The molecule has 1 fully saturated rings. The van der Waals surface area contributed by atoms with Crippen LogP contribution in [-0.2, 0) is 4.79 Å². The third-order valence-corrected chi connectivity index (χ3v) is 2.86. The highest BCUT2D eigenvalue weighted by molar-refractivity contribution is 6.31. The average Bonchev–Trinajstić information content (AvgIpc) is 2.13. The Bertz CT molecular complexity index is 472. The van der Waals surface area contributed by atoms with Gasteiger partial charge in [-0.25, -0.2) is 4.79 Å². The molecule has 17 heavy (non-hydrogen) atoms. The van der Waals surface area contributed by atoms with Gasteiger partial charge in [-0.1, -0.05) is 11.6 Å². The fourth-order valence-corrected chi connectivity index (χ4v) is 1.69. The lowest BCUT2D eigenvalue weighted by Gasteiger charge is -2.26. The quantitative estimate of drug-likeness (QED) is 0.757. The second-order valence-corrected chi connectivity index (χ2v) is 4.28. The summed E-state index contributed by atoms with van der Waals surface area (Å²) in [4.78, 5) is 22.7. The molecule has 90 valence electrons. The minimum absolute atomic E-state index is 0.0371. The largest absolute Gasteiger partial charge is 0.478 e. The molecule has 0 aromatic heterocycles. The van der Waals surface area contributed by atoms with E-state index in [9.17, 15) is 9.59 Å². The Morgan fingerprint density at radius 1 is 1.41 bits per heavy atom. The summed E-state index contributed by atoms with van der Waals surface area (Å²) in [5.74, 6) is -1.38. The molecular formula is C11H11ClN2O3. The van der Waals surface area contributed by atoms with Crippen LogP contribution in [0.25, 0.3) is 0 Å². The van der Waals surface area contributed by atoms with Crippen LogP contribution in [0.4, 0.5) is 5.69 Å². The first kappa shape index (κ1) is 11.9. The van der Waals surface area contributed by atoms with Crippen molar-refractivity contribution in [1.29, 1.82) is 0 Å². The number of halogens is 1. The van der Waals surface area contributed by atoms with Gasteiger partial charge in [0.25, 0.3) is 0 Å². The van der Waals surface area contributed by atoms with Crippen LogP contribution in [-0.4, -0.2) is 30.1 Å². The third kappa shape index (κ3) is 2.57. The van der Waals surface area contributed by atoms with E-state index in [1.165, 1.54) is 18.2 Å². The number of carboxylic acid groups (broad SMARTS) is 1. The number of hydrogen-bond acceptors (Lipinski definition) is 3. The fourth-order valence-electron chi connectivity index (χ4n) is 1.52. The summed E-state index contributed by atoms with van der Waals surface area (Å²) in [6, 6.07) is 4.29. The van der Waals surface area contributed by atoms with Crippen molar-refractivity contribution in [3.8, 4) is 0 Å². The van der Waals surface area contributed by atoms with Crippen LogP contribution >= 0.6 is 11.6 Å². The van der Waals surface area contributed by atoms with Gasteiger partial charge in [0.05, 0.1) is 17.2 Å². The maximum absolute atomic E-state index is 11.7. The predicted molar refractivity (Wildman–Crippen MR) is 63.4 cm³/mol. The maximum Gasteiger partial charge on any atom is 0.337 e. The van der Waals surface area contributed by atoms with Crippen molar-refractivity contribution in [2.24, 2.45) is 5.92 Å². The Balaban J connectivity index is 2.20. The third-order valence-electron chi connectivity index (χ3n) is 2.62. The Kier molecular flexibility index (Phi) is 3.31. The molecule has 2 rings (SSSR count). The van der Waals surface area contributed by atoms with E-state index in [4.69, 9.17) is 16.7 Å². The van der Waals surface area contributed by atoms with E-state index in [0.29, 0.717) is 18.1 Å². The Labute approximate surface area is 103 Å². The van der Waals surface area contributed by atoms with E-state index in [2.05, 4.69) is 10.6 Å². The SMILES string of the molecule is O=C(O)c1ccc(Cl)cc1NC(=O)C1CNC1. The van der Waals surface area contributed by atoms with Crippen LogP contribution in [0.5, 0.6) is 0 Å². The number of hydrogen-bond donors (Lipinski definition) is 3. The highest BCUT2D eigenvalue weighted by Gasteiger charge is 2.25. The number of carbonyl (C=O) groups excluding carboxylic acids is 1. The van der Waals surface area contributed by atoms with Gasteiger partial charge in [-0.3, -0.25) is 4.79 Å². The lowest BCUT2D eigenvalue weighted by atomic mass is 10.0. The molecule has 0 radical (unpaired) electrons. The Morgan fingerprint density at radius 3 is 2.65 bits per heavy atom. The zero-order valence-electron chi connectivity index (χ0n) is 8.87. The lowest BCUT2D eigenvalue weighted by molar-refractivity contribution is -0.121. The number of carboxylic acids is 1. The molecular weight excluding hydrogens is 244 g/mol. The number of carbonyl (C=O) groups is 2. The molecule has 1 saturated heterocycles. The van der Waals surface area contributed by atoms with Crippen LogP contribution in [0.3, 0.4) is 0 Å². The van der Waals surface area contributed by atoms with Crippen LogP contribution < -0.4 is 10.6 Å². The van der Waals surface area contributed by atoms with Crippen LogP contribution in [0, 0.1) is 5.92 Å². The van der Waals surface area contributed by atoms with Gasteiger partial charge < -0.3 is 15.7 Å². The van der Waals surface area contributed by atoms with Crippen molar-refractivity contribution < 1.29 is 14.7 Å². The first-order valence-corrected chi connectivity index (χ1v) is 5.50. The van der Waals surface area contributed by atoms with E-state index >= 15 is 0 Å². The van der Waals surface area contributed by atoms with Gasteiger partial charge in [0.2, 0.25) is 5.91 Å². The Hall–Kier alpha value is -1.59. The molecule has 1 aliphatic rings. The summed E-state index contributed by atoms with van der Waals surface area (Å²) in [6.45, 7) is 1.24. The second kappa shape index (κ2) is 4.73. The van der Waals surface area contributed by atoms with Gasteiger partial charge in [-0.05, 0) is 18.2 Å². The minimum atomic E-state index is -1.09. The number of nitrogens with one attached hydrogen (secondary N) is 2. The van der Waals surface area contributed by atoms with Gasteiger partial charge in [0, 0.05) is 18.1 Å². The first-order chi connectivity index (χ1) is 8.08. The van der Waals surface area contributed by atoms with Crippen molar-refractivity contribution in [2.75, 3.05) is 18.4 Å². The zero-order chi connectivity index (χ0) is 12.4. The number of amides is 1. The van der Waals surface area contributed by atoms with Gasteiger partial charge in [-0.15, -0.1) is 0 Å². The first-order valence-electron chi connectivity index (χ1n) is 5.12. The summed E-state index contributed by atoms with van der Waals surface area (Å²) in [6.07, 6.45) is 0.